The van der Waals surface area contributed by atoms with E-state index in [4.69, 9.17) is 0 Å². The highest BCUT2D eigenvalue weighted by atomic mass is 14.2. The lowest BCUT2D eigenvalue weighted by atomic mass is 9.84. The van der Waals surface area contributed by atoms with Crippen LogP contribution in [0.3, 0.4) is 0 Å². The molecule has 0 aliphatic heterocycles. The van der Waals surface area contributed by atoms with Crippen LogP contribution < -0.4 is 0 Å². The molecule has 0 saturated heterocycles. The summed E-state index contributed by atoms with van der Waals surface area (Å²) >= 11 is 0. The third kappa shape index (κ3) is 9.43. The van der Waals surface area contributed by atoms with E-state index in [9.17, 15) is 0 Å². The van der Waals surface area contributed by atoms with E-state index in [-0.39, 0.29) is 0 Å². The van der Waals surface area contributed by atoms with E-state index in [2.05, 4.69) is 88.4 Å². The van der Waals surface area contributed by atoms with Gasteiger partial charge in [-0.25, -0.2) is 0 Å². The molecule has 178 valence electrons. The normalized spacial score (nSPS) is 8.88. The van der Waals surface area contributed by atoms with Crippen molar-refractivity contribution in [2.75, 3.05) is 0 Å². The van der Waals surface area contributed by atoms with Crippen LogP contribution in [0.2, 0.25) is 0 Å². The van der Waals surface area contributed by atoms with Crippen molar-refractivity contribution in [3.63, 3.8) is 0 Å². The Balaban J connectivity index is 0. The van der Waals surface area contributed by atoms with Crippen LogP contribution in [0.15, 0.2) is 60.7 Å². The molecule has 0 spiro atoms. The van der Waals surface area contributed by atoms with Crippen molar-refractivity contribution >= 4 is 0 Å². The number of rotatable bonds is 4. The highest BCUT2D eigenvalue weighted by Gasteiger charge is 2.15. The third-order valence-corrected chi connectivity index (χ3v) is 5.38. The second kappa shape index (κ2) is 19.4. The van der Waals surface area contributed by atoms with E-state index in [1.54, 1.807) is 0 Å². The Labute approximate surface area is 201 Å². The zero-order valence-corrected chi connectivity index (χ0v) is 23.2. The van der Waals surface area contributed by atoms with E-state index >= 15 is 0 Å². The van der Waals surface area contributed by atoms with Gasteiger partial charge in [-0.2, -0.15) is 0 Å². The van der Waals surface area contributed by atoms with Gasteiger partial charge in [0.05, 0.1) is 0 Å². The Hall–Kier alpha value is -2.34. The van der Waals surface area contributed by atoms with Crippen molar-refractivity contribution in [2.24, 2.45) is 0 Å². The molecule has 0 aliphatic rings. The predicted molar refractivity (Wildman–Crippen MR) is 149 cm³/mol. The van der Waals surface area contributed by atoms with Crippen molar-refractivity contribution in [1.29, 1.82) is 0 Å². The molecule has 0 aliphatic carbocycles. The summed E-state index contributed by atoms with van der Waals surface area (Å²) < 4.78 is 0. The maximum Gasteiger partial charge on any atom is -0.00203 e. The smallest absolute Gasteiger partial charge is 0.00203 e. The van der Waals surface area contributed by atoms with E-state index in [1.807, 2.05) is 55.4 Å². The van der Waals surface area contributed by atoms with E-state index in [1.165, 1.54) is 44.5 Å². The minimum Gasteiger partial charge on any atom is -0.0683 e. The topological polar surface area (TPSA) is 0 Å². The first-order valence-corrected chi connectivity index (χ1v) is 12.7. The molecule has 0 heterocycles. The van der Waals surface area contributed by atoms with Gasteiger partial charge < -0.3 is 0 Å². The largest absolute Gasteiger partial charge is 0.0683 e. The standard InChI is InChI=1S/C24H26.4C2H6/c1-17-18(2)23(15-21-11-7-5-8-12-21)20(4)24(19(17)3)16-22-13-9-6-10-14-22;4*1-2/h5-14H,15-16H2,1-4H3;4*1-2H3. The van der Waals surface area contributed by atoms with Gasteiger partial charge in [0.1, 0.15) is 0 Å². The Bertz CT molecular complexity index is 758. The molecule has 0 atom stereocenters. The van der Waals surface area contributed by atoms with Crippen LogP contribution in [-0.4, -0.2) is 0 Å². The maximum absolute atomic E-state index is 2.30. The Morgan fingerprint density at radius 1 is 0.375 bits per heavy atom. The molecule has 0 fully saturated rings. The van der Waals surface area contributed by atoms with E-state index < -0.39 is 0 Å². The van der Waals surface area contributed by atoms with Gasteiger partial charge in [0.25, 0.3) is 0 Å². The fraction of sp³-hybridized carbons (Fsp3) is 0.438. The fourth-order valence-corrected chi connectivity index (χ4v) is 3.61. The van der Waals surface area contributed by atoms with Crippen molar-refractivity contribution in [1.82, 2.24) is 0 Å². The lowest BCUT2D eigenvalue weighted by Gasteiger charge is -2.21. The molecule has 0 saturated carbocycles. The molecule has 0 N–H and O–H groups in total. The van der Waals surface area contributed by atoms with Gasteiger partial charge >= 0.3 is 0 Å². The van der Waals surface area contributed by atoms with Crippen LogP contribution in [0.25, 0.3) is 0 Å². The molecular weight excluding hydrogens is 384 g/mol. The number of hydrogen-bond donors (Lipinski definition) is 0. The molecule has 0 bridgehead atoms. The predicted octanol–water partition coefficient (Wildman–Crippen LogP) is 10.2. The average molecular weight is 435 g/mol. The minimum atomic E-state index is 1.02. The van der Waals surface area contributed by atoms with Gasteiger partial charge in [-0.15, -0.1) is 0 Å². The average Bonchev–Trinajstić information content (AvgIpc) is 2.89. The van der Waals surface area contributed by atoms with Crippen molar-refractivity contribution in [3.8, 4) is 0 Å². The van der Waals surface area contributed by atoms with Gasteiger partial charge in [0.2, 0.25) is 0 Å². The first-order chi connectivity index (χ1) is 15.6. The summed E-state index contributed by atoms with van der Waals surface area (Å²) in [6.45, 7) is 25.1. The molecule has 32 heavy (non-hydrogen) atoms. The summed E-state index contributed by atoms with van der Waals surface area (Å²) in [6.07, 6.45) is 2.03. The van der Waals surface area contributed by atoms with Crippen LogP contribution in [0.5, 0.6) is 0 Å². The Morgan fingerprint density at radius 2 is 0.656 bits per heavy atom. The van der Waals surface area contributed by atoms with Gasteiger partial charge in [0.15, 0.2) is 0 Å². The first kappa shape index (κ1) is 31.8. The Kier molecular flexibility index (Phi) is 19.3. The van der Waals surface area contributed by atoms with Crippen molar-refractivity contribution in [2.45, 2.75) is 95.9 Å². The van der Waals surface area contributed by atoms with Gasteiger partial charge in [0, 0.05) is 0 Å². The fourth-order valence-electron chi connectivity index (χ4n) is 3.61. The maximum atomic E-state index is 2.30. The summed E-state index contributed by atoms with van der Waals surface area (Å²) in [4.78, 5) is 0. The van der Waals surface area contributed by atoms with Gasteiger partial charge in [-0.05, 0) is 85.0 Å². The summed E-state index contributed by atoms with van der Waals surface area (Å²) in [5, 5.41) is 0. The minimum absolute atomic E-state index is 1.02. The van der Waals surface area contributed by atoms with Gasteiger partial charge in [-0.3, -0.25) is 0 Å². The summed E-state index contributed by atoms with van der Waals surface area (Å²) in [7, 11) is 0. The molecule has 3 aromatic carbocycles. The molecular formula is C32H50. The summed E-state index contributed by atoms with van der Waals surface area (Å²) in [6, 6.07) is 21.6. The van der Waals surface area contributed by atoms with Crippen LogP contribution in [0, 0.1) is 27.7 Å². The molecule has 0 amide bonds. The monoisotopic (exact) mass is 434 g/mol. The van der Waals surface area contributed by atoms with Crippen LogP contribution >= 0.6 is 0 Å². The molecule has 0 nitrogen and oxygen atoms in total. The second-order valence-electron chi connectivity index (χ2n) is 6.78. The Morgan fingerprint density at radius 3 is 0.938 bits per heavy atom. The van der Waals surface area contributed by atoms with Crippen LogP contribution in [-0.2, 0) is 12.8 Å². The number of hydrogen-bond acceptors (Lipinski definition) is 0. The molecule has 0 unspecified atom stereocenters. The molecule has 3 rings (SSSR count). The van der Waals surface area contributed by atoms with Crippen LogP contribution in [0.4, 0.5) is 0 Å². The highest BCUT2D eigenvalue weighted by molar-refractivity contribution is 5.52. The summed E-state index contributed by atoms with van der Waals surface area (Å²) in [5.41, 5.74) is 11.6. The number of benzene rings is 3. The molecule has 0 aromatic heterocycles. The zero-order valence-electron chi connectivity index (χ0n) is 23.2. The highest BCUT2D eigenvalue weighted by Crippen LogP contribution is 2.30. The SMILES string of the molecule is CC.CC.CC.CC.Cc1c(C)c(Cc2ccccc2)c(C)c(Cc2ccccc2)c1C. The van der Waals surface area contributed by atoms with Gasteiger partial charge in [-0.1, -0.05) is 116 Å². The molecule has 0 radical (unpaired) electrons. The third-order valence-electron chi connectivity index (χ3n) is 5.38. The lowest BCUT2D eigenvalue weighted by Crippen LogP contribution is -2.07. The second-order valence-corrected chi connectivity index (χ2v) is 6.78. The summed E-state index contributed by atoms with van der Waals surface area (Å²) in [5.74, 6) is 0. The van der Waals surface area contributed by atoms with Crippen molar-refractivity contribution in [3.05, 3.63) is 105 Å². The molecule has 0 heteroatoms. The first-order valence-electron chi connectivity index (χ1n) is 12.7. The quantitative estimate of drug-likeness (QED) is 0.383. The van der Waals surface area contributed by atoms with E-state index in [0.29, 0.717) is 0 Å². The van der Waals surface area contributed by atoms with Crippen molar-refractivity contribution < 1.29 is 0 Å². The van der Waals surface area contributed by atoms with E-state index in [0.717, 1.165) is 12.8 Å². The lowest BCUT2D eigenvalue weighted by molar-refractivity contribution is 1.03. The molecule has 3 aromatic rings. The van der Waals surface area contributed by atoms with Crippen LogP contribution in [0.1, 0.15) is 99.9 Å². The zero-order chi connectivity index (χ0) is 25.1.